The number of hydrogen-bond donors (Lipinski definition) is 1. The fourth-order valence-electron chi connectivity index (χ4n) is 4.18. The molecule has 0 bridgehead atoms. The van der Waals surface area contributed by atoms with Crippen LogP contribution in [0, 0.1) is 5.82 Å². The van der Waals surface area contributed by atoms with E-state index in [0.29, 0.717) is 6.54 Å². The number of nitrogens with zero attached hydrogens (tertiary/aromatic N) is 1. The molecule has 1 aliphatic heterocycles. The van der Waals surface area contributed by atoms with E-state index in [2.05, 4.69) is 23.1 Å². The predicted octanol–water partition coefficient (Wildman–Crippen LogP) is 5.25. The van der Waals surface area contributed by atoms with Crippen LogP contribution < -0.4 is 4.74 Å². The highest BCUT2D eigenvalue weighted by atomic mass is 19.1. The van der Waals surface area contributed by atoms with E-state index in [-0.39, 0.29) is 12.4 Å². The number of hydrogen-bond acceptors (Lipinski definition) is 4. The van der Waals surface area contributed by atoms with Gasteiger partial charge < -0.3 is 14.3 Å². The van der Waals surface area contributed by atoms with Gasteiger partial charge in [0.2, 0.25) is 0 Å². The molecular weight excluding hydrogens is 393 g/mol. The minimum Gasteiger partial charge on any atom is -0.490 e. The standard InChI is InChI=1S/C26H24FNO3/c27-22-7-6-20-14-19(4-5-21(20)15-22)18-8-11-28(12-9-18)16-23(29)17-31-26-3-1-2-25-24(26)10-13-30-25/h1-8,10,13-15,23,29H,9,11-12,16-17H2. The zero-order valence-electron chi connectivity index (χ0n) is 17.1. The maximum absolute atomic E-state index is 13.4. The highest BCUT2D eigenvalue weighted by molar-refractivity contribution is 5.86. The van der Waals surface area contributed by atoms with E-state index in [1.54, 1.807) is 12.3 Å². The normalized spacial score (nSPS) is 15.9. The van der Waals surface area contributed by atoms with Gasteiger partial charge in [0.1, 0.15) is 29.9 Å². The molecule has 0 aliphatic carbocycles. The Morgan fingerprint density at radius 2 is 1.94 bits per heavy atom. The molecule has 0 saturated carbocycles. The van der Waals surface area contributed by atoms with Crippen molar-refractivity contribution in [2.24, 2.45) is 0 Å². The molecule has 0 radical (unpaired) electrons. The van der Waals surface area contributed by atoms with Crippen molar-refractivity contribution in [1.29, 1.82) is 0 Å². The lowest BCUT2D eigenvalue weighted by Gasteiger charge is -2.28. The molecule has 4 nitrogen and oxygen atoms in total. The third-order valence-electron chi connectivity index (χ3n) is 5.82. The van der Waals surface area contributed by atoms with Gasteiger partial charge in [-0.05, 0) is 64.7 Å². The molecule has 0 amide bonds. The van der Waals surface area contributed by atoms with Crippen molar-refractivity contribution >= 4 is 27.3 Å². The number of aliphatic hydroxyl groups is 1. The lowest BCUT2D eigenvalue weighted by Crippen LogP contribution is -2.38. The highest BCUT2D eigenvalue weighted by Crippen LogP contribution is 2.28. The van der Waals surface area contributed by atoms with Crippen LogP contribution in [0.1, 0.15) is 12.0 Å². The molecule has 5 rings (SSSR count). The zero-order chi connectivity index (χ0) is 21.2. The lowest BCUT2D eigenvalue weighted by molar-refractivity contribution is 0.0722. The molecule has 1 atom stereocenters. The predicted molar refractivity (Wildman–Crippen MR) is 121 cm³/mol. The molecule has 0 spiro atoms. The average Bonchev–Trinajstić information content (AvgIpc) is 3.27. The number of rotatable bonds is 6. The first kappa shape index (κ1) is 19.8. The molecule has 1 unspecified atom stereocenters. The molecule has 2 heterocycles. The quantitative estimate of drug-likeness (QED) is 0.465. The van der Waals surface area contributed by atoms with Gasteiger partial charge in [-0.3, -0.25) is 4.90 Å². The van der Waals surface area contributed by atoms with Gasteiger partial charge in [0, 0.05) is 19.6 Å². The van der Waals surface area contributed by atoms with E-state index >= 15 is 0 Å². The molecule has 1 aromatic heterocycles. The summed E-state index contributed by atoms with van der Waals surface area (Å²) in [5.41, 5.74) is 3.25. The van der Waals surface area contributed by atoms with Crippen molar-refractivity contribution in [3.8, 4) is 5.75 Å². The van der Waals surface area contributed by atoms with Gasteiger partial charge in [-0.15, -0.1) is 0 Å². The minimum absolute atomic E-state index is 0.211. The molecule has 158 valence electrons. The summed E-state index contributed by atoms with van der Waals surface area (Å²) in [7, 11) is 0. The summed E-state index contributed by atoms with van der Waals surface area (Å²) in [5, 5.41) is 13.3. The summed E-state index contributed by atoms with van der Waals surface area (Å²) in [5.74, 6) is 0.513. The van der Waals surface area contributed by atoms with E-state index in [0.717, 1.165) is 47.0 Å². The fraction of sp³-hybridized carbons (Fsp3) is 0.231. The number of fused-ring (bicyclic) bond motifs is 2. The van der Waals surface area contributed by atoms with Gasteiger partial charge in [0.15, 0.2) is 0 Å². The Kier molecular flexibility index (Phi) is 5.45. The number of benzene rings is 3. The van der Waals surface area contributed by atoms with Crippen LogP contribution in [0.25, 0.3) is 27.3 Å². The third-order valence-corrected chi connectivity index (χ3v) is 5.82. The Bertz CT molecular complexity index is 1250. The second-order valence-corrected chi connectivity index (χ2v) is 8.00. The molecule has 0 fully saturated rings. The van der Waals surface area contributed by atoms with Crippen LogP contribution in [0.2, 0.25) is 0 Å². The molecule has 3 aromatic carbocycles. The summed E-state index contributed by atoms with van der Waals surface area (Å²) < 4.78 is 24.6. The van der Waals surface area contributed by atoms with Crippen molar-refractivity contribution < 1.29 is 18.7 Å². The van der Waals surface area contributed by atoms with Crippen molar-refractivity contribution in [3.05, 3.63) is 84.4 Å². The van der Waals surface area contributed by atoms with Gasteiger partial charge in [-0.2, -0.15) is 0 Å². The Labute approximate surface area is 180 Å². The Hall–Kier alpha value is -3.15. The minimum atomic E-state index is -0.576. The molecular formula is C26H24FNO3. The second-order valence-electron chi connectivity index (χ2n) is 8.00. The summed E-state index contributed by atoms with van der Waals surface area (Å²) in [4.78, 5) is 2.23. The smallest absolute Gasteiger partial charge is 0.137 e. The van der Waals surface area contributed by atoms with E-state index in [1.165, 1.54) is 17.2 Å². The second kappa shape index (κ2) is 8.53. The number of aliphatic hydroxyl groups excluding tert-OH is 1. The Morgan fingerprint density at radius 3 is 2.81 bits per heavy atom. The van der Waals surface area contributed by atoms with Gasteiger partial charge in [-0.25, -0.2) is 4.39 Å². The van der Waals surface area contributed by atoms with Crippen molar-refractivity contribution in [1.82, 2.24) is 4.90 Å². The van der Waals surface area contributed by atoms with E-state index in [4.69, 9.17) is 9.15 Å². The first-order valence-electron chi connectivity index (χ1n) is 10.5. The number of ether oxygens (including phenoxy) is 1. The van der Waals surface area contributed by atoms with Crippen molar-refractivity contribution in [2.75, 3.05) is 26.2 Å². The van der Waals surface area contributed by atoms with Gasteiger partial charge in [0.25, 0.3) is 0 Å². The first-order chi connectivity index (χ1) is 15.2. The summed E-state index contributed by atoms with van der Waals surface area (Å²) in [6, 6.07) is 18.6. The average molecular weight is 417 g/mol. The summed E-state index contributed by atoms with van der Waals surface area (Å²) in [6.07, 6.45) is 4.19. The maximum atomic E-state index is 13.4. The van der Waals surface area contributed by atoms with E-state index in [9.17, 15) is 9.50 Å². The number of furan rings is 1. The molecule has 0 saturated heterocycles. The lowest BCUT2D eigenvalue weighted by atomic mass is 9.96. The fourth-order valence-corrected chi connectivity index (χ4v) is 4.18. The molecule has 4 aromatic rings. The van der Waals surface area contributed by atoms with E-state index < -0.39 is 6.10 Å². The van der Waals surface area contributed by atoms with Crippen LogP contribution in [0.5, 0.6) is 5.75 Å². The van der Waals surface area contributed by atoms with Crippen LogP contribution >= 0.6 is 0 Å². The van der Waals surface area contributed by atoms with Crippen LogP contribution in [0.15, 0.2) is 77.4 Å². The van der Waals surface area contributed by atoms with Crippen molar-refractivity contribution in [3.63, 3.8) is 0 Å². The molecule has 1 N–H and O–H groups in total. The van der Waals surface area contributed by atoms with Gasteiger partial charge in [-0.1, -0.05) is 30.3 Å². The zero-order valence-corrected chi connectivity index (χ0v) is 17.1. The first-order valence-corrected chi connectivity index (χ1v) is 10.5. The van der Waals surface area contributed by atoms with Crippen LogP contribution in [-0.2, 0) is 0 Å². The number of halogens is 1. The summed E-state index contributed by atoms with van der Waals surface area (Å²) in [6.45, 7) is 2.45. The van der Waals surface area contributed by atoms with Gasteiger partial charge in [0.05, 0.1) is 11.6 Å². The van der Waals surface area contributed by atoms with Crippen LogP contribution in [0.3, 0.4) is 0 Å². The maximum Gasteiger partial charge on any atom is 0.137 e. The SMILES string of the molecule is OC(COc1cccc2occc12)CN1CC=C(c2ccc3cc(F)ccc3c2)CC1. The van der Waals surface area contributed by atoms with Gasteiger partial charge >= 0.3 is 0 Å². The van der Waals surface area contributed by atoms with E-state index in [1.807, 2.05) is 36.4 Å². The molecule has 5 heteroatoms. The highest BCUT2D eigenvalue weighted by Gasteiger charge is 2.17. The third kappa shape index (κ3) is 4.33. The number of β-amino-alcohol motifs (C(OH)–C–C–N with tert-alkyl or cyclic N) is 1. The Morgan fingerprint density at radius 1 is 1.06 bits per heavy atom. The largest absolute Gasteiger partial charge is 0.490 e. The monoisotopic (exact) mass is 417 g/mol. The Balaban J connectivity index is 1.18. The van der Waals surface area contributed by atoms with Crippen LogP contribution in [0.4, 0.5) is 4.39 Å². The topological polar surface area (TPSA) is 45.8 Å². The molecule has 1 aliphatic rings. The van der Waals surface area contributed by atoms with Crippen molar-refractivity contribution in [2.45, 2.75) is 12.5 Å². The molecule has 31 heavy (non-hydrogen) atoms. The summed E-state index contributed by atoms with van der Waals surface area (Å²) >= 11 is 0. The van der Waals surface area contributed by atoms with Crippen LogP contribution in [-0.4, -0.2) is 42.4 Å².